The normalized spacial score (nSPS) is 14.7. The van der Waals surface area contributed by atoms with Crippen LogP contribution in [0.1, 0.15) is 67.2 Å². The van der Waals surface area contributed by atoms with Crippen molar-refractivity contribution in [3.8, 4) is 0 Å². The number of allylic oxidation sites excluding steroid dienone is 13. The molecule has 4 heteroatoms. The Kier molecular flexibility index (Phi) is 16.1. The van der Waals surface area contributed by atoms with Crippen LogP contribution < -0.4 is 0 Å². The van der Waals surface area contributed by atoms with Gasteiger partial charge in [-0.15, -0.1) is 0 Å². The van der Waals surface area contributed by atoms with Crippen LogP contribution in [0.3, 0.4) is 0 Å². The number of ether oxygens (including phenoxy) is 1. The van der Waals surface area contributed by atoms with Gasteiger partial charge in [0.2, 0.25) is 5.83 Å². The van der Waals surface area contributed by atoms with Gasteiger partial charge in [0.05, 0.1) is 6.61 Å². The van der Waals surface area contributed by atoms with E-state index in [0.29, 0.717) is 29.7 Å². The van der Waals surface area contributed by atoms with Gasteiger partial charge in [-0.1, -0.05) is 105 Å². The third-order valence-electron chi connectivity index (χ3n) is 6.51. The number of hydrogen-bond acceptors (Lipinski definition) is 1. The lowest BCUT2D eigenvalue weighted by Crippen LogP contribution is -2.08. The summed E-state index contributed by atoms with van der Waals surface area (Å²) < 4.78 is 48.5. The van der Waals surface area contributed by atoms with Gasteiger partial charge in [0.15, 0.2) is 11.6 Å². The van der Waals surface area contributed by atoms with Crippen molar-refractivity contribution in [1.29, 1.82) is 0 Å². The molecule has 0 aromatic carbocycles. The highest BCUT2D eigenvalue weighted by molar-refractivity contribution is 5.54. The zero-order chi connectivity index (χ0) is 29.6. The zero-order valence-corrected chi connectivity index (χ0v) is 24.4. The fraction of sp³-hybridized carbons (Fsp3) is 0.412. The van der Waals surface area contributed by atoms with Crippen molar-refractivity contribution in [3.63, 3.8) is 0 Å². The van der Waals surface area contributed by atoms with E-state index < -0.39 is 23.2 Å². The standard InChI is InChI=1S/C34H47F3O/c1-13-20-38-31(12)34(37)33(36)30(11)27(8)19-18-26(7)29(10)32(35)21-28(9)25(6)17-16-24(5)23(4)15-14-22(2)3/h17-19,21-24H,7-16,20H2,1-6H3/b19-18-,25-17+,32-21+,34-33-. The van der Waals surface area contributed by atoms with Crippen LogP contribution in [0.5, 0.6) is 0 Å². The van der Waals surface area contributed by atoms with E-state index in [1.807, 2.05) is 13.8 Å². The highest BCUT2D eigenvalue weighted by atomic mass is 19.2. The van der Waals surface area contributed by atoms with Gasteiger partial charge in [-0.05, 0) is 65.9 Å². The maximum absolute atomic E-state index is 14.9. The quantitative estimate of drug-likeness (QED) is 0.127. The Morgan fingerprint density at radius 2 is 1.32 bits per heavy atom. The van der Waals surface area contributed by atoms with Crippen LogP contribution in [0.4, 0.5) is 13.2 Å². The fourth-order valence-electron chi connectivity index (χ4n) is 3.20. The second kappa shape index (κ2) is 17.5. The van der Waals surface area contributed by atoms with Gasteiger partial charge in [-0.3, -0.25) is 0 Å². The van der Waals surface area contributed by atoms with Crippen molar-refractivity contribution in [1.82, 2.24) is 0 Å². The van der Waals surface area contributed by atoms with E-state index >= 15 is 0 Å². The summed E-state index contributed by atoms with van der Waals surface area (Å²) in [6.07, 6.45) is 10.1. The summed E-state index contributed by atoms with van der Waals surface area (Å²) in [6, 6.07) is 0. The second-order valence-electron chi connectivity index (χ2n) is 10.3. The molecule has 0 aliphatic heterocycles. The van der Waals surface area contributed by atoms with Crippen LogP contribution in [-0.2, 0) is 4.74 Å². The van der Waals surface area contributed by atoms with Crippen LogP contribution in [-0.4, -0.2) is 6.61 Å². The minimum Gasteiger partial charge on any atom is -0.491 e. The van der Waals surface area contributed by atoms with E-state index in [4.69, 9.17) is 4.74 Å². The number of halogens is 3. The molecule has 210 valence electrons. The third kappa shape index (κ3) is 12.5. The number of hydrogen-bond donors (Lipinski definition) is 0. The van der Waals surface area contributed by atoms with Gasteiger partial charge in [-0.25, -0.2) is 8.78 Å². The lowest BCUT2D eigenvalue weighted by atomic mass is 9.86. The van der Waals surface area contributed by atoms with Crippen LogP contribution in [0.2, 0.25) is 0 Å². The molecular weight excluding hydrogens is 481 g/mol. The molecule has 0 fully saturated rings. The average molecular weight is 529 g/mol. The molecule has 0 heterocycles. The van der Waals surface area contributed by atoms with Gasteiger partial charge < -0.3 is 4.74 Å². The highest BCUT2D eigenvalue weighted by Gasteiger charge is 2.16. The Labute approximate surface area is 229 Å². The van der Waals surface area contributed by atoms with Crippen molar-refractivity contribution in [2.45, 2.75) is 67.2 Å². The van der Waals surface area contributed by atoms with Gasteiger partial charge >= 0.3 is 0 Å². The molecule has 0 saturated heterocycles. The molecule has 0 amide bonds. The monoisotopic (exact) mass is 528 g/mol. The summed E-state index contributed by atoms with van der Waals surface area (Å²) in [7, 11) is 0. The molecule has 0 saturated carbocycles. The molecule has 0 spiro atoms. The Hall–Kier alpha value is -3.01. The van der Waals surface area contributed by atoms with Crippen LogP contribution >= 0.6 is 0 Å². The van der Waals surface area contributed by atoms with Gasteiger partial charge in [0.25, 0.3) is 0 Å². The first-order valence-electron chi connectivity index (χ1n) is 13.2. The number of rotatable bonds is 18. The molecule has 0 N–H and O–H groups in total. The average Bonchev–Trinajstić information content (AvgIpc) is 2.89. The predicted molar refractivity (Wildman–Crippen MR) is 159 cm³/mol. The van der Waals surface area contributed by atoms with Crippen LogP contribution in [0, 0.1) is 17.8 Å². The first-order chi connectivity index (χ1) is 17.6. The van der Waals surface area contributed by atoms with E-state index in [1.165, 1.54) is 31.1 Å². The molecule has 0 aliphatic carbocycles. The zero-order valence-electron chi connectivity index (χ0n) is 24.4. The van der Waals surface area contributed by atoms with Gasteiger partial charge in [-0.2, -0.15) is 4.39 Å². The van der Waals surface area contributed by atoms with E-state index in [-0.39, 0.29) is 28.9 Å². The molecule has 2 unspecified atom stereocenters. The summed E-state index contributed by atoms with van der Waals surface area (Å²) in [5, 5.41) is 0. The van der Waals surface area contributed by atoms with Crippen molar-refractivity contribution in [2.24, 2.45) is 17.8 Å². The summed E-state index contributed by atoms with van der Waals surface area (Å²) in [5.74, 6) is -1.63. The lowest BCUT2D eigenvalue weighted by Gasteiger charge is -2.19. The molecule has 38 heavy (non-hydrogen) atoms. The topological polar surface area (TPSA) is 9.23 Å². The summed E-state index contributed by atoms with van der Waals surface area (Å²) >= 11 is 0. The smallest absolute Gasteiger partial charge is 0.200 e. The molecule has 1 nitrogen and oxygen atoms in total. The molecule has 0 aromatic rings. The van der Waals surface area contributed by atoms with E-state index in [0.717, 1.165) is 12.0 Å². The van der Waals surface area contributed by atoms with Gasteiger partial charge in [0, 0.05) is 11.1 Å². The largest absolute Gasteiger partial charge is 0.491 e. The second-order valence-corrected chi connectivity index (χ2v) is 10.3. The lowest BCUT2D eigenvalue weighted by molar-refractivity contribution is 0.208. The first kappa shape index (κ1) is 35.0. The Morgan fingerprint density at radius 1 is 0.763 bits per heavy atom. The molecule has 2 atom stereocenters. The minimum absolute atomic E-state index is 0.0489. The third-order valence-corrected chi connectivity index (χ3v) is 6.51. The van der Waals surface area contributed by atoms with E-state index in [9.17, 15) is 13.2 Å². The van der Waals surface area contributed by atoms with E-state index in [1.54, 1.807) is 0 Å². The van der Waals surface area contributed by atoms with Crippen molar-refractivity contribution >= 4 is 0 Å². The Bertz CT molecular complexity index is 1030. The maximum Gasteiger partial charge on any atom is 0.200 e. The van der Waals surface area contributed by atoms with E-state index in [2.05, 4.69) is 73.2 Å². The molecule has 0 aromatic heterocycles. The fourth-order valence-corrected chi connectivity index (χ4v) is 3.20. The van der Waals surface area contributed by atoms with Crippen LogP contribution in [0.15, 0.2) is 120 Å². The van der Waals surface area contributed by atoms with Crippen LogP contribution in [0.25, 0.3) is 0 Å². The SMILES string of the molecule is C=C(/C=C\C(=C)C(=C)/C(F)=C\C(=C)/C(C)=C/CC(C)C(C)CCC(C)C)C(=C)/C(F)=C(/F)C(=C)OCCC. The maximum atomic E-state index is 14.9. The molecule has 0 rings (SSSR count). The van der Waals surface area contributed by atoms with Gasteiger partial charge in [0.1, 0.15) is 5.83 Å². The Morgan fingerprint density at radius 3 is 1.84 bits per heavy atom. The highest BCUT2D eigenvalue weighted by Crippen LogP contribution is 2.29. The van der Waals surface area contributed by atoms with Crippen molar-refractivity contribution < 1.29 is 17.9 Å². The first-order valence-corrected chi connectivity index (χ1v) is 13.2. The van der Waals surface area contributed by atoms with Crippen molar-refractivity contribution in [2.75, 3.05) is 6.61 Å². The summed E-state index contributed by atoms with van der Waals surface area (Å²) in [5.41, 5.74) is 1.54. The molecular formula is C34H47F3O. The minimum atomic E-state index is -1.24. The molecule has 0 radical (unpaired) electrons. The van der Waals surface area contributed by atoms with Crippen molar-refractivity contribution in [3.05, 3.63) is 120 Å². The molecule has 0 bridgehead atoms. The Balaban J connectivity index is 5.20. The predicted octanol–water partition coefficient (Wildman–Crippen LogP) is 11.3. The molecule has 0 aliphatic rings. The summed E-state index contributed by atoms with van der Waals surface area (Å²) in [4.78, 5) is 0. The summed E-state index contributed by atoms with van der Waals surface area (Å²) in [6.45, 7) is 35.1.